The monoisotopic (exact) mass is 606 g/mol. The quantitative estimate of drug-likeness (QED) is 0.232. The van der Waals surface area contributed by atoms with E-state index in [4.69, 9.17) is 14.5 Å². The van der Waals surface area contributed by atoms with Crippen molar-refractivity contribution in [1.29, 1.82) is 0 Å². The third kappa shape index (κ3) is 5.21. The van der Waals surface area contributed by atoms with E-state index in [-0.39, 0.29) is 22.8 Å². The molecule has 3 aromatic carbocycles. The average Bonchev–Trinajstić information content (AvgIpc) is 3.63. The first-order chi connectivity index (χ1) is 21.1. The maximum absolute atomic E-state index is 13.2. The maximum atomic E-state index is 13.2. The van der Waals surface area contributed by atoms with Gasteiger partial charge in [-0.1, -0.05) is 83.1 Å². The largest absolute Gasteiger partial charge is 0.493 e. The predicted molar refractivity (Wildman–Crippen MR) is 178 cm³/mol. The van der Waals surface area contributed by atoms with Crippen LogP contribution in [0, 0.1) is 0 Å². The summed E-state index contributed by atoms with van der Waals surface area (Å²) in [6.45, 7) is 13.9. The molecule has 1 amide bonds. The van der Waals surface area contributed by atoms with Crippen molar-refractivity contribution in [3.8, 4) is 27.4 Å². The third-order valence-electron chi connectivity index (χ3n) is 9.88. The van der Waals surface area contributed by atoms with Crippen molar-refractivity contribution < 1.29 is 14.3 Å². The van der Waals surface area contributed by atoms with Gasteiger partial charge in [-0.2, -0.15) is 0 Å². The number of carbonyl (C=O) groups excluding carboxylic acids is 1. The van der Waals surface area contributed by atoms with Crippen molar-refractivity contribution in [2.75, 3.05) is 26.3 Å². The zero-order chi connectivity index (χ0) is 30.6. The van der Waals surface area contributed by atoms with Crippen molar-refractivity contribution in [1.82, 2.24) is 9.88 Å². The Morgan fingerprint density at radius 3 is 2.34 bits per heavy atom. The lowest BCUT2D eigenvalue weighted by Gasteiger charge is -2.36. The van der Waals surface area contributed by atoms with Crippen molar-refractivity contribution >= 4 is 17.4 Å². The Hall–Kier alpha value is -3.64. The number of ether oxygens (including phenoxy) is 2. The molecule has 1 fully saturated rings. The van der Waals surface area contributed by atoms with E-state index in [0.29, 0.717) is 25.6 Å². The fraction of sp³-hybridized carbons (Fsp3) is 0.421. The second kappa shape index (κ2) is 11.1. The van der Waals surface area contributed by atoms with Gasteiger partial charge < -0.3 is 14.4 Å². The van der Waals surface area contributed by atoms with Gasteiger partial charge in [-0.05, 0) is 64.5 Å². The number of nitrogens with zero attached hydrogens (tertiary/aromatic N) is 2. The molecule has 0 atom stereocenters. The number of piperidine rings is 1. The molecule has 228 valence electrons. The average molecular weight is 607 g/mol. The van der Waals surface area contributed by atoms with E-state index < -0.39 is 0 Å². The highest BCUT2D eigenvalue weighted by molar-refractivity contribution is 7.13. The van der Waals surface area contributed by atoms with Gasteiger partial charge in [0, 0.05) is 47.0 Å². The Morgan fingerprint density at radius 1 is 1.02 bits per heavy atom. The van der Waals surface area contributed by atoms with Crippen LogP contribution in [-0.2, 0) is 15.6 Å². The van der Waals surface area contributed by atoms with Crippen molar-refractivity contribution in [2.24, 2.45) is 0 Å². The number of likely N-dealkylation sites (tertiary alicyclic amines) is 1. The first-order valence-electron chi connectivity index (χ1n) is 16.0. The summed E-state index contributed by atoms with van der Waals surface area (Å²) in [4.78, 5) is 20.2. The number of fused-ring (bicyclic) bond motifs is 4. The van der Waals surface area contributed by atoms with Crippen LogP contribution in [0.2, 0.25) is 0 Å². The molecule has 0 radical (unpaired) electrons. The van der Waals surface area contributed by atoms with Crippen LogP contribution in [0.3, 0.4) is 0 Å². The summed E-state index contributed by atoms with van der Waals surface area (Å²) in [5.41, 5.74) is 9.88. The maximum Gasteiger partial charge on any atom is 0.409 e. The van der Waals surface area contributed by atoms with Gasteiger partial charge in [-0.15, -0.1) is 11.3 Å². The highest BCUT2D eigenvalue weighted by Crippen LogP contribution is 2.47. The van der Waals surface area contributed by atoms with E-state index in [9.17, 15) is 4.79 Å². The number of thiazole rings is 1. The normalized spacial score (nSPS) is 17.9. The molecular weight excluding hydrogens is 564 g/mol. The van der Waals surface area contributed by atoms with Crippen LogP contribution >= 0.6 is 11.3 Å². The first-order valence-corrected chi connectivity index (χ1v) is 16.9. The van der Waals surface area contributed by atoms with Gasteiger partial charge in [0.15, 0.2) is 0 Å². The van der Waals surface area contributed by atoms with E-state index in [2.05, 4.69) is 101 Å². The Kier molecular flexibility index (Phi) is 7.31. The van der Waals surface area contributed by atoms with Crippen LogP contribution in [0.4, 0.5) is 4.79 Å². The number of rotatable bonds is 4. The van der Waals surface area contributed by atoms with Gasteiger partial charge in [0.25, 0.3) is 0 Å². The van der Waals surface area contributed by atoms with Crippen LogP contribution < -0.4 is 4.74 Å². The Balaban J connectivity index is 1.02. The summed E-state index contributed by atoms with van der Waals surface area (Å²) in [7, 11) is 0. The highest BCUT2D eigenvalue weighted by atomic mass is 32.1. The van der Waals surface area contributed by atoms with Gasteiger partial charge in [-0.25, -0.2) is 9.78 Å². The zero-order valence-corrected chi connectivity index (χ0v) is 27.3. The molecule has 0 spiro atoms. The van der Waals surface area contributed by atoms with Crippen molar-refractivity contribution in [3.05, 3.63) is 94.0 Å². The number of amides is 1. The molecule has 7 rings (SSSR count). The lowest BCUT2D eigenvalue weighted by Crippen LogP contribution is -2.38. The molecule has 0 bridgehead atoms. The number of benzene rings is 3. The molecule has 0 N–H and O–H groups in total. The molecule has 44 heavy (non-hydrogen) atoms. The molecule has 0 unspecified atom stereocenters. The molecule has 1 saturated heterocycles. The smallest absolute Gasteiger partial charge is 0.409 e. The van der Waals surface area contributed by atoms with Crippen LogP contribution in [0.5, 0.6) is 5.75 Å². The molecule has 2 aliphatic heterocycles. The minimum Gasteiger partial charge on any atom is -0.493 e. The lowest BCUT2D eigenvalue weighted by atomic mass is 9.75. The molecule has 3 heterocycles. The zero-order valence-electron chi connectivity index (χ0n) is 26.5. The summed E-state index contributed by atoms with van der Waals surface area (Å²) in [5, 5.41) is 3.29. The summed E-state index contributed by atoms with van der Waals surface area (Å²) in [5.74, 6) is 1.49. The van der Waals surface area contributed by atoms with Gasteiger partial charge >= 0.3 is 6.09 Å². The second-order valence-electron chi connectivity index (χ2n) is 14.3. The number of hydrogen-bond donors (Lipinski definition) is 0. The van der Waals surface area contributed by atoms with Gasteiger partial charge in [0.1, 0.15) is 17.4 Å². The number of hydrogen-bond acceptors (Lipinski definition) is 5. The van der Waals surface area contributed by atoms with Gasteiger partial charge in [0.2, 0.25) is 0 Å². The van der Waals surface area contributed by atoms with Crippen molar-refractivity contribution in [3.63, 3.8) is 0 Å². The van der Waals surface area contributed by atoms with E-state index in [1.807, 2.05) is 4.90 Å². The summed E-state index contributed by atoms with van der Waals surface area (Å²) < 4.78 is 12.2. The molecule has 0 saturated carbocycles. The Labute approximate surface area is 265 Å². The van der Waals surface area contributed by atoms with E-state index in [1.54, 1.807) is 11.3 Å². The summed E-state index contributed by atoms with van der Waals surface area (Å²) in [6.07, 6.45) is 2.59. The molecule has 1 aromatic heterocycles. The minimum atomic E-state index is -0.210. The molecule has 6 heteroatoms. The SMILES string of the molecule is CC(C)(C)c1cc(-c2nc(C3CCN(C(=O)OCC4c5ccccc5-c5ccccc54)CC3)cs2)cc2c1OCCC2(C)C. The Bertz CT molecular complexity index is 1640. The third-order valence-corrected chi connectivity index (χ3v) is 10.8. The second-order valence-corrected chi connectivity index (χ2v) is 15.1. The molecule has 1 aliphatic carbocycles. The van der Waals surface area contributed by atoms with Crippen LogP contribution in [-0.4, -0.2) is 42.3 Å². The molecule has 3 aliphatic rings. The number of carbonyl (C=O) groups is 1. The van der Waals surface area contributed by atoms with Crippen LogP contribution in [0.25, 0.3) is 21.7 Å². The van der Waals surface area contributed by atoms with Gasteiger partial charge in [0.05, 0.1) is 12.3 Å². The van der Waals surface area contributed by atoms with E-state index >= 15 is 0 Å². The van der Waals surface area contributed by atoms with E-state index in [0.717, 1.165) is 42.3 Å². The van der Waals surface area contributed by atoms with Gasteiger partial charge in [-0.3, -0.25) is 0 Å². The van der Waals surface area contributed by atoms with Crippen LogP contribution in [0.15, 0.2) is 66.0 Å². The topological polar surface area (TPSA) is 51.7 Å². The van der Waals surface area contributed by atoms with Crippen molar-refractivity contribution in [2.45, 2.75) is 76.5 Å². The number of aromatic nitrogens is 1. The predicted octanol–water partition coefficient (Wildman–Crippen LogP) is 9.30. The highest BCUT2D eigenvalue weighted by Gasteiger charge is 2.35. The summed E-state index contributed by atoms with van der Waals surface area (Å²) >= 11 is 1.73. The fourth-order valence-electron chi connectivity index (χ4n) is 7.16. The van der Waals surface area contributed by atoms with Crippen LogP contribution in [0.1, 0.15) is 93.7 Å². The van der Waals surface area contributed by atoms with E-state index in [1.165, 1.54) is 38.9 Å². The fourth-order valence-corrected chi connectivity index (χ4v) is 8.05. The Morgan fingerprint density at radius 2 is 1.68 bits per heavy atom. The molecule has 5 nitrogen and oxygen atoms in total. The summed E-state index contributed by atoms with van der Waals surface area (Å²) in [6, 6.07) is 21.5. The lowest BCUT2D eigenvalue weighted by molar-refractivity contribution is 0.0902. The molecular formula is C38H42N2O3S. The first kappa shape index (κ1) is 29.1. The molecule has 4 aromatic rings. The standard InChI is InChI=1S/C38H42N2O3S/c1-37(2,3)31-20-25(21-32-34(31)42-19-16-38(32,4)5)35-39-33(23-44-35)24-14-17-40(18-15-24)36(41)43-22-30-28-12-8-6-10-26(28)27-11-7-9-13-29(27)30/h6-13,20-21,23-24,30H,14-19,22H2,1-5H3. The minimum absolute atomic E-state index is 0.0282.